The second-order valence-electron chi connectivity index (χ2n) is 4.41. The second-order valence-corrected chi connectivity index (χ2v) is 5.32. The highest BCUT2D eigenvalue weighted by Crippen LogP contribution is 2.21. The van der Waals surface area contributed by atoms with Crippen molar-refractivity contribution in [3.05, 3.63) is 42.2 Å². The number of imidazole rings is 1. The number of anilines is 2. The monoisotopic (exact) mass is 261 g/mol. The molecule has 1 atom stereocenters. The summed E-state index contributed by atoms with van der Waals surface area (Å²) in [6.07, 6.45) is 4.23. The molecule has 2 rings (SSSR count). The molecule has 0 radical (unpaired) electrons. The lowest BCUT2D eigenvalue weighted by Gasteiger charge is -2.15. The highest BCUT2D eigenvalue weighted by Gasteiger charge is 2.11. The number of para-hydroxylation sites is 1. The normalized spacial score (nSPS) is 12.4. The summed E-state index contributed by atoms with van der Waals surface area (Å²) < 4.78 is 2.21. The van der Waals surface area contributed by atoms with Gasteiger partial charge < -0.3 is 9.88 Å². The molecule has 96 valence electrons. The lowest BCUT2D eigenvalue weighted by Crippen LogP contribution is -2.10. The van der Waals surface area contributed by atoms with E-state index in [9.17, 15) is 0 Å². The Labute approximate surface area is 113 Å². The SMILES string of the molecule is CSCC(C)n1cc(C)nc1Nc1ccccc1. The minimum Gasteiger partial charge on any atom is -0.326 e. The van der Waals surface area contributed by atoms with Crippen molar-refractivity contribution >= 4 is 23.4 Å². The zero-order valence-corrected chi connectivity index (χ0v) is 11.9. The van der Waals surface area contributed by atoms with E-state index in [0.29, 0.717) is 6.04 Å². The minimum absolute atomic E-state index is 0.437. The molecule has 0 aliphatic carbocycles. The maximum Gasteiger partial charge on any atom is 0.207 e. The number of benzene rings is 1. The van der Waals surface area contributed by atoms with E-state index >= 15 is 0 Å². The molecule has 0 saturated carbocycles. The van der Waals surface area contributed by atoms with Crippen molar-refractivity contribution in [1.29, 1.82) is 0 Å². The summed E-state index contributed by atoms with van der Waals surface area (Å²) in [6.45, 7) is 4.24. The summed E-state index contributed by atoms with van der Waals surface area (Å²) in [5.41, 5.74) is 2.11. The number of thioether (sulfide) groups is 1. The van der Waals surface area contributed by atoms with Crippen molar-refractivity contribution in [2.75, 3.05) is 17.3 Å². The molecule has 0 fully saturated rings. The number of hydrogen-bond donors (Lipinski definition) is 1. The molecule has 1 heterocycles. The fourth-order valence-electron chi connectivity index (χ4n) is 1.92. The maximum atomic E-state index is 4.55. The summed E-state index contributed by atoms with van der Waals surface area (Å²) in [5.74, 6) is 2.00. The standard InChI is InChI=1S/C14H19N3S/c1-11-9-17(12(2)10-18-3)14(15-11)16-13-7-5-4-6-8-13/h4-9,12H,10H2,1-3H3,(H,15,16). The first-order valence-electron chi connectivity index (χ1n) is 6.07. The lowest BCUT2D eigenvalue weighted by atomic mass is 10.3. The van der Waals surface area contributed by atoms with Crippen molar-refractivity contribution in [2.45, 2.75) is 19.9 Å². The van der Waals surface area contributed by atoms with Crippen LogP contribution >= 0.6 is 11.8 Å². The topological polar surface area (TPSA) is 29.9 Å². The third-order valence-corrected chi connectivity index (χ3v) is 3.58. The number of nitrogens with one attached hydrogen (secondary N) is 1. The Kier molecular flexibility index (Phi) is 4.31. The quantitative estimate of drug-likeness (QED) is 0.886. The van der Waals surface area contributed by atoms with Gasteiger partial charge >= 0.3 is 0 Å². The Balaban J connectivity index is 2.22. The van der Waals surface area contributed by atoms with E-state index in [2.05, 4.69) is 34.2 Å². The van der Waals surface area contributed by atoms with Gasteiger partial charge in [-0.3, -0.25) is 0 Å². The zero-order chi connectivity index (χ0) is 13.0. The summed E-state index contributed by atoms with van der Waals surface area (Å²) in [5, 5.41) is 3.38. The van der Waals surface area contributed by atoms with Gasteiger partial charge in [0.2, 0.25) is 5.95 Å². The van der Waals surface area contributed by atoms with E-state index in [4.69, 9.17) is 0 Å². The Morgan fingerprint density at radius 3 is 2.72 bits per heavy atom. The van der Waals surface area contributed by atoms with Crippen LogP contribution in [-0.4, -0.2) is 21.6 Å². The van der Waals surface area contributed by atoms with Crippen molar-refractivity contribution in [3.63, 3.8) is 0 Å². The van der Waals surface area contributed by atoms with E-state index in [-0.39, 0.29) is 0 Å². The molecular weight excluding hydrogens is 242 g/mol. The Morgan fingerprint density at radius 2 is 2.06 bits per heavy atom. The van der Waals surface area contributed by atoms with E-state index < -0.39 is 0 Å². The molecule has 1 aromatic heterocycles. The van der Waals surface area contributed by atoms with Crippen molar-refractivity contribution in [1.82, 2.24) is 9.55 Å². The summed E-state index contributed by atoms with van der Waals surface area (Å²) in [4.78, 5) is 4.55. The van der Waals surface area contributed by atoms with Crippen LogP contribution in [0.1, 0.15) is 18.7 Å². The first-order valence-corrected chi connectivity index (χ1v) is 7.46. The smallest absolute Gasteiger partial charge is 0.207 e. The van der Waals surface area contributed by atoms with Crippen LogP contribution in [0.25, 0.3) is 0 Å². The minimum atomic E-state index is 0.437. The van der Waals surface area contributed by atoms with Gasteiger partial charge in [-0.2, -0.15) is 11.8 Å². The van der Waals surface area contributed by atoms with Gasteiger partial charge in [0, 0.05) is 23.7 Å². The fraction of sp³-hybridized carbons (Fsp3) is 0.357. The predicted molar refractivity (Wildman–Crippen MR) is 79.8 cm³/mol. The third kappa shape index (κ3) is 3.07. The van der Waals surface area contributed by atoms with Crippen molar-refractivity contribution < 1.29 is 0 Å². The number of rotatable bonds is 5. The molecule has 0 aliphatic heterocycles. The molecule has 1 aromatic carbocycles. The average molecular weight is 261 g/mol. The van der Waals surface area contributed by atoms with Gasteiger partial charge in [-0.1, -0.05) is 18.2 Å². The second kappa shape index (κ2) is 5.96. The van der Waals surface area contributed by atoms with Crippen LogP contribution in [0, 0.1) is 6.92 Å². The van der Waals surface area contributed by atoms with Gasteiger partial charge in [0.1, 0.15) is 0 Å². The zero-order valence-electron chi connectivity index (χ0n) is 11.1. The Morgan fingerprint density at radius 1 is 1.33 bits per heavy atom. The van der Waals surface area contributed by atoms with Crippen LogP contribution in [0.15, 0.2) is 36.5 Å². The molecule has 3 nitrogen and oxygen atoms in total. The summed E-state index contributed by atoms with van der Waals surface area (Å²) >= 11 is 1.85. The molecular formula is C14H19N3S. The summed E-state index contributed by atoms with van der Waals surface area (Å²) in [7, 11) is 0. The highest BCUT2D eigenvalue weighted by molar-refractivity contribution is 7.98. The number of hydrogen-bond acceptors (Lipinski definition) is 3. The van der Waals surface area contributed by atoms with Gasteiger partial charge in [-0.15, -0.1) is 0 Å². The van der Waals surface area contributed by atoms with Gasteiger partial charge in [0.15, 0.2) is 0 Å². The first-order chi connectivity index (χ1) is 8.70. The van der Waals surface area contributed by atoms with Gasteiger partial charge in [-0.05, 0) is 32.2 Å². The number of nitrogens with zero attached hydrogens (tertiary/aromatic N) is 2. The maximum absolute atomic E-state index is 4.55. The Bertz CT molecular complexity index is 493. The fourth-order valence-corrected chi connectivity index (χ4v) is 2.56. The van der Waals surface area contributed by atoms with Crippen LogP contribution in [-0.2, 0) is 0 Å². The van der Waals surface area contributed by atoms with Crippen LogP contribution in [0.2, 0.25) is 0 Å². The van der Waals surface area contributed by atoms with E-state index in [1.807, 2.05) is 49.0 Å². The van der Waals surface area contributed by atoms with E-state index in [0.717, 1.165) is 23.1 Å². The van der Waals surface area contributed by atoms with Gasteiger partial charge in [0.05, 0.1) is 5.69 Å². The number of aromatic nitrogens is 2. The molecule has 2 aromatic rings. The van der Waals surface area contributed by atoms with Gasteiger partial charge in [0.25, 0.3) is 0 Å². The predicted octanol–water partition coefficient (Wildman–Crippen LogP) is 3.86. The molecule has 0 amide bonds. The third-order valence-electron chi connectivity index (χ3n) is 2.77. The molecule has 4 heteroatoms. The molecule has 18 heavy (non-hydrogen) atoms. The van der Waals surface area contributed by atoms with Crippen LogP contribution in [0.3, 0.4) is 0 Å². The highest BCUT2D eigenvalue weighted by atomic mass is 32.2. The van der Waals surface area contributed by atoms with E-state index in [1.165, 1.54) is 0 Å². The molecule has 1 unspecified atom stereocenters. The van der Waals surface area contributed by atoms with Crippen LogP contribution < -0.4 is 5.32 Å². The molecule has 0 spiro atoms. The first kappa shape index (κ1) is 13.0. The molecule has 0 saturated heterocycles. The summed E-state index contributed by atoms with van der Waals surface area (Å²) in [6, 6.07) is 10.6. The largest absolute Gasteiger partial charge is 0.326 e. The van der Waals surface area contributed by atoms with Crippen LogP contribution in [0.5, 0.6) is 0 Å². The van der Waals surface area contributed by atoms with Crippen LogP contribution in [0.4, 0.5) is 11.6 Å². The van der Waals surface area contributed by atoms with Crippen molar-refractivity contribution in [2.24, 2.45) is 0 Å². The van der Waals surface area contributed by atoms with E-state index in [1.54, 1.807) is 0 Å². The van der Waals surface area contributed by atoms with Gasteiger partial charge in [-0.25, -0.2) is 4.98 Å². The average Bonchev–Trinajstić information content (AvgIpc) is 2.72. The number of aryl methyl sites for hydroxylation is 1. The molecule has 1 N–H and O–H groups in total. The molecule has 0 aliphatic rings. The lowest BCUT2D eigenvalue weighted by molar-refractivity contribution is 0.617. The Hall–Kier alpha value is -1.42. The molecule has 0 bridgehead atoms. The van der Waals surface area contributed by atoms with Crippen molar-refractivity contribution in [3.8, 4) is 0 Å².